The van der Waals surface area contributed by atoms with Gasteiger partial charge in [-0.1, -0.05) is 36.2 Å². The van der Waals surface area contributed by atoms with E-state index in [-0.39, 0.29) is 17.9 Å². The van der Waals surface area contributed by atoms with Gasteiger partial charge in [-0.3, -0.25) is 9.59 Å². The molecule has 2 aliphatic rings. The predicted octanol–water partition coefficient (Wildman–Crippen LogP) is 5.20. The topological polar surface area (TPSA) is 49.4 Å². The molecular formula is C23H24Cl2N2O2. The lowest BCUT2D eigenvalue weighted by Crippen LogP contribution is -2.35. The van der Waals surface area contributed by atoms with Crippen LogP contribution in [0.2, 0.25) is 10.0 Å². The molecule has 29 heavy (non-hydrogen) atoms. The van der Waals surface area contributed by atoms with Gasteiger partial charge < -0.3 is 10.2 Å². The lowest BCUT2D eigenvalue weighted by molar-refractivity contribution is -0.122. The molecule has 6 heteroatoms. The van der Waals surface area contributed by atoms with Gasteiger partial charge >= 0.3 is 0 Å². The number of benzene rings is 2. The van der Waals surface area contributed by atoms with E-state index in [4.69, 9.17) is 23.2 Å². The molecule has 2 amide bonds. The minimum atomic E-state index is -0.648. The summed E-state index contributed by atoms with van der Waals surface area (Å²) < 4.78 is 0. The molecule has 1 fully saturated rings. The van der Waals surface area contributed by atoms with Gasteiger partial charge in [-0.2, -0.15) is 0 Å². The zero-order valence-corrected chi connectivity index (χ0v) is 18.1. The van der Waals surface area contributed by atoms with Crippen LogP contribution >= 0.6 is 23.2 Å². The van der Waals surface area contributed by atoms with Crippen LogP contribution in [0.3, 0.4) is 0 Å². The van der Waals surface area contributed by atoms with E-state index in [1.54, 1.807) is 6.07 Å². The number of fused-ring (bicyclic) bond motifs is 1. The Kier molecular flexibility index (Phi) is 5.34. The number of rotatable bonds is 4. The molecule has 1 heterocycles. The molecule has 1 N–H and O–H groups in total. The van der Waals surface area contributed by atoms with Crippen molar-refractivity contribution in [3.8, 4) is 0 Å². The first kappa shape index (κ1) is 20.2. The molecule has 152 valence electrons. The van der Waals surface area contributed by atoms with Gasteiger partial charge in [-0.15, -0.1) is 0 Å². The third kappa shape index (κ3) is 3.64. The van der Waals surface area contributed by atoms with Crippen molar-refractivity contribution in [1.29, 1.82) is 0 Å². The third-order valence-corrected chi connectivity index (χ3v) is 6.66. The van der Waals surface area contributed by atoms with E-state index in [0.717, 1.165) is 29.7 Å². The maximum atomic E-state index is 13.4. The molecule has 4 nitrogen and oxygen atoms in total. The van der Waals surface area contributed by atoms with E-state index in [1.807, 2.05) is 36.9 Å². The second-order valence-corrected chi connectivity index (χ2v) is 8.97. The normalized spacial score (nSPS) is 23.4. The van der Waals surface area contributed by atoms with Gasteiger partial charge in [0.25, 0.3) is 0 Å². The smallest absolute Gasteiger partial charge is 0.237 e. The van der Waals surface area contributed by atoms with Gasteiger partial charge in [0.1, 0.15) is 0 Å². The van der Waals surface area contributed by atoms with Crippen molar-refractivity contribution in [2.45, 2.75) is 51.0 Å². The first-order valence-corrected chi connectivity index (χ1v) is 10.8. The summed E-state index contributed by atoms with van der Waals surface area (Å²) in [6.45, 7) is 4.46. The first-order valence-electron chi connectivity index (χ1n) is 10.0. The molecule has 1 saturated heterocycles. The van der Waals surface area contributed by atoms with Crippen LogP contribution < -0.4 is 10.2 Å². The van der Waals surface area contributed by atoms with Crippen LogP contribution in [0.5, 0.6) is 0 Å². The molecule has 4 rings (SSSR count). The highest BCUT2D eigenvalue weighted by molar-refractivity contribution is 6.34. The second-order valence-electron chi connectivity index (χ2n) is 8.09. The highest BCUT2D eigenvalue weighted by Gasteiger charge is 2.45. The number of hydrogen-bond donors (Lipinski definition) is 1. The van der Waals surface area contributed by atoms with Crippen LogP contribution in [0.25, 0.3) is 0 Å². The zero-order valence-electron chi connectivity index (χ0n) is 16.6. The fourth-order valence-corrected chi connectivity index (χ4v) is 4.97. The van der Waals surface area contributed by atoms with Gasteiger partial charge in [0, 0.05) is 28.7 Å². The van der Waals surface area contributed by atoms with E-state index in [1.165, 1.54) is 5.56 Å². The van der Waals surface area contributed by atoms with E-state index >= 15 is 0 Å². The number of carbonyl (C=O) groups is 2. The molecule has 2 aromatic carbocycles. The molecule has 0 aromatic heterocycles. The minimum Gasteiger partial charge on any atom is -0.349 e. The SMILES string of the molecule is CCC(=O)NC1CCc2cc(N3CCC(C)(c4cc(Cl)cc(Cl)c4)C3=O)ccc21. The van der Waals surface area contributed by atoms with Crippen molar-refractivity contribution in [3.05, 3.63) is 63.1 Å². The number of anilines is 1. The summed E-state index contributed by atoms with van der Waals surface area (Å²) >= 11 is 12.4. The fraction of sp³-hybridized carbons (Fsp3) is 0.391. The summed E-state index contributed by atoms with van der Waals surface area (Å²) in [4.78, 5) is 27.0. The summed E-state index contributed by atoms with van der Waals surface area (Å²) in [7, 11) is 0. The lowest BCUT2D eigenvalue weighted by Gasteiger charge is -2.25. The van der Waals surface area contributed by atoms with Gasteiger partial charge in [-0.25, -0.2) is 0 Å². The Morgan fingerprint density at radius 2 is 1.93 bits per heavy atom. The molecule has 1 aliphatic heterocycles. The number of halogens is 2. The zero-order chi connectivity index (χ0) is 20.8. The number of carbonyl (C=O) groups excluding carboxylic acids is 2. The summed E-state index contributed by atoms with van der Waals surface area (Å²) in [5.74, 6) is 0.127. The van der Waals surface area contributed by atoms with Gasteiger partial charge in [0.15, 0.2) is 0 Å². The van der Waals surface area contributed by atoms with Crippen molar-refractivity contribution in [2.75, 3.05) is 11.4 Å². The largest absolute Gasteiger partial charge is 0.349 e. The first-order chi connectivity index (χ1) is 13.8. The Morgan fingerprint density at radius 3 is 2.62 bits per heavy atom. The number of nitrogens with one attached hydrogen (secondary N) is 1. The third-order valence-electron chi connectivity index (χ3n) is 6.22. The Morgan fingerprint density at radius 1 is 1.21 bits per heavy atom. The summed E-state index contributed by atoms with van der Waals surface area (Å²) in [6.07, 6.45) is 2.99. The average Bonchev–Trinajstić information content (AvgIpc) is 3.22. The summed E-state index contributed by atoms with van der Waals surface area (Å²) in [5.41, 5.74) is 3.48. The average molecular weight is 431 g/mol. The Hall–Kier alpha value is -2.04. The standard InChI is InChI=1S/C23H24Cl2N2O2/c1-3-21(28)26-20-7-4-14-10-18(5-6-19(14)20)27-9-8-23(2,22(27)29)15-11-16(24)13-17(25)12-15/h5-6,10-13,20H,3-4,7-9H2,1-2H3,(H,26,28). The lowest BCUT2D eigenvalue weighted by atomic mass is 9.81. The van der Waals surface area contributed by atoms with Gasteiger partial charge in [0.2, 0.25) is 11.8 Å². The summed E-state index contributed by atoms with van der Waals surface area (Å²) in [6, 6.07) is 11.6. The molecule has 0 saturated carbocycles. The van der Waals surface area contributed by atoms with Crippen LogP contribution in [0.15, 0.2) is 36.4 Å². The van der Waals surface area contributed by atoms with Crippen LogP contribution in [0.1, 0.15) is 55.8 Å². The van der Waals surface area contributed by atoms with Crippen molar-refractivity contribution >= 4 is 40.7 Å². The molecule has 2 atom stereocenters. The van der Waals surface area contributed by atoms with E-state index < -0.39 is 5.41 Å². The van der Waals surface area contributed by atoms with Gasteiger partial charge in [-0.05, 0) is 73.2 Å². The monoisotopic (exact) mass is 430 g/mol. The Bertz CT molecular complexity index is 971. The molecule has 2 unspecified atom stereocenters. The molecule has 0 bridgehead atoms. The van der Waals surface area contributed by atoms with Crippen molar-refractivity contribution in [1.82, 2.24) is 5.32 Å². The predicted molar refractivity (Wildman–Crippen MR) is 117 cm³/mol. The quantitative estimate of drug-likeness (QED) is 0.724. The number of amides is 2. The van der Waals surface area contributed by atoms with Crippen LogP contribution in [0, 0.1) is 0 Å². The molecule has 0 spiro atoms. The number of hydrogen-bond acceptors (Lipinski definition) is 2. The molecule has 2 aromatic rings. The summed E-state index contributed by atoms with van der Waals surface area (Å²) in [5, 5.41) is 4.16. The molecule has 1 aliphatic carbocycles. The van der Waals surface area contributed by atoms with Gasteiger partial charge in [0.05, 0.1) is 11.5 Å². The van der Waals surface area contributed by atoms with Crippen molar-refractivity contribution < 1.29 is 9.59 Å². The molecule has 0 radical (unpaired) electrons. The number of nitrogens with zero attached hydrogens (tertiary/aromatic N) is 1. The maximum absolute atomic E-state index is 13.4. The van der Waals surface area contributed by atoms with Crippen molar-refractivity contribution in [3.63, 3.8) is 0 Å². The Balaban J connectivity index is 1.59. The van der Waals surface area contributed by atoms with Crippen molar-refractivity contribution in [2.24, 2.45) is 0 Å². The van der Waals surface area contributed by atoms with Crippen LogP contribution in [-0.2, 0) is 21.4 Å². The number of aryl methyl sites for hydroxylation is 1. The van der Waals surface area contributed by atoms with Crippen LogP contribution in [0.4, 0.5) is 5.69 Å². The highest BCUT2D eigenvalue weighted by atomic mass is 35.5. The Labute approximate surface area is 181 Å². The van der Waals surface area contributed by atoms with Crippen LogP contribution in [-0.4, -0.2) is 18.4 Å². The second kappa shape index (κ2) is 7.66. The van der Waals surface area contributed by atoms with E-state index in [2.05, 4.69) is 17.4 Å². The minimum absolute atomic E-state index is 0.0598. The fourth-order valence-electron chi connectivity index (χ4n) is 4.45. The molecular weight excluding hydrogens is 407 g/mol. The van der Waals surface area contributed by atoms with E-state index in [0.29, 0.717) is 29.4 Å². The maximum Gasteiger partial charge on any atom is 0.237 e. The highest BCUT2D eigenvalue weighted by Crippen LogP contribution is 2.41. The van der Waals surface area contributed by atoms with E-state index in [9.17, 15) is 9.59 Å².